The smallest absolute Gasteiger partial charge is 0.317 e. The number of rotatable bonds is 20. The highest BCUT2D eigenvalue weighted by Crippen LogP contribution is 2.36. The van der Waals surface area contributed by atoms with Gasteiger partial charge in [-0.15, -0.1) is 0 Å². The highest BCUT2D eigenvalue weighted by atomic mass is 32.2. The Labute approximate surface area is 456 Å². The Morgan fingerprint density at radius 3 is 1.75 bits per heavy atom. The van der Waals surface area contributed by atoms with E-state index in [1.165, 1.54) is 36.5 Å². The number of fused-ring (bicyclic) bond motifs is 3. The van der Waals surface area contributed by atoms with Crippen molar-refractivity contribution in [2.45, 2.75) is 31.2 Å². The van der Waals surface area contributed by atoms with Crippen molar-refractivity contribution in [3.8, 4) is 0 Å². The molecule has 3 fully saturated rings. The minimum absolute atomic E-state index is 0.0260. The predicted molar refractivity (Wildman–Crippen MR) is 290 cm³/mol. The number of nitrogens with zero attached hydrogens (tertiary/aromatic N) is 10. The van der Waals surface area contributed by atoms with Crippen LogP contribution in [0.4, 0.5) is 20.2 Å². The molecule has 0 aliphatic carbocycles. The van der Waals surface area contributed by atoms with E-state index in [1.54, 1.807) is 25.7 Å². The number of carboxylic acid groups (broad SMARTS) is 3. The third kappa shape index (κ3) is 16.5. The summed E-state index contributed by atoms with van der Waals surface area (Å²) in [5.74, 6) is -9.08. The van der Waals surface area contributed by atoms with Crippen LogP contribution in [0.25, 0.3) is 21.7 Å². The van der Waals surface area contributed by atoms with E-state index in [0.717, 1.165) is 40.6 Å². The van der Waals surface area contributed by atoms with E-state index in [1.807, 2.05) is 42.3 Å². The van der Waals surface area contributed by atoms with E-state index < -0.39 is 83.5 Å². The van der Waals surface area contributed by atoms with Crippen LogP contribution in [0.1, 0.15) is 29.6 Å². The summed E-state index contributed by atoms with van der Waals surface area (Å²) in [5, 5.41) is 33.4. The normalized spacial score (nSPS) is 18.7. The van der Waals surface area contributed by atoms with Crippen LogP contribution >= 0.6 is 0 Å². The van der Waals surface area contributed by atoms with Gasteiger partial charge in [-0.1, -0.05) is 42.5 Å². The molecule has 4 heterocycles. The first-order chi connectivity index (χ1) is 37.5. The molecule has 0 bridgehead atoms. The van der Waals surface area contributed by atoms with Gasteiger partial charge in [-0.05, 0) is 37.2 Å². The molecule has 4 aromatic rings. The number of carbonyl (C=O) groups excluding carboxylic acids is 4. The molecule has 428 valence electrons. The van der Waals surface area contributed by atoms with E-state index in [9.17, 15) is 66.1 Å². The first kappa shape index (κ1) is 59.7. The van der Waals surface area contributed by atoms with Gasteiger partial charge in [0.05, 0.1) is 62.3 Å². The number of alkyl halides is 2. The molecule has 79 heavy (non-hydrogen) atoms. The second-order valence-corrected chi connectivity index (χ2v) is 22.2. The first-order valence-corrected chi connectivity index (χ1v) is 28.0. The minimum atomic E-state index is -4.16. The highest BCUT2D eigenvalue weighted by Gasteiger charge is 2.48. The molecule has 1 aromatic heterocycles. The summed E-state index contributed by atoms with van der Waals surface area (Å²) in [4.78, 5) is 108. The molecule has 3 aliphatic rings. The average molecular weight is 1120 g/mol. The second-order valence-electron chi connectivity index (χ2n) is 20.4. The maximum atomic E-state index is 14.9. The van der Waals surface area contributed by atoms with Gasteiger partial charge in [0.25, 0.3) is 11.8 Å². The molecule has 0 spiro atoms. The molecule has 26 heteroatoms. The Kier molecular flexibility index (Phi) is 20.2. The Balaban J connectivity index is 0.947. The van der Waals surface area contributed by atoms with Gasteiger partial charge in [0.15, 0.2) is 0 Å². The third-order valence-electron chi connectivity index (χ3n) is 14.5. The fourth-order valence-corrected chi connectivity index (χ4v) is 11.5. The molecular weight excluding hydrogens is 1050 g/mol. The third-order valence-corrected chi connectivity index (χ3v) is 15.6. The zero-order valence-corrected chi connectivity index (χ0v) is 45.2. The number of para-hydroxylation sites is 1. The van der Waals surface area contributed by atoms with Gasteiger partial charge in [-0.3, -0.25) is 63.0 Å². The van der Waals surface area contributed by atoms with Gasteiger partial charge in [-0.25, -0.2) is 21.5 Å². The zero-order valence-electron chi connectivity index (χ0n) is 44.4. The molecule has 3 aliphatic heterocycles. The quantitative estimate of drug-likeness (QED) is 0.0906. The lowest BCUT2D eigenvalue weighted by Gasteiger charge is -2.37. The van der Waals surface area contributed by atoms with Crippen molar-refractivity contribution < 1.29 is 66.1 Å². The van der Waals surface area contributed by atoms with Crippen LogP contribution in [0, 0.1) is 0 Å². The summed E-state index contributed by atoms with van der Waals surface area (Å²) in [6, 6.07) is 17.1. The fourth-order valence-electron chi connectivity index (χ4n) is 10.5. The molecule has 0 radical (unpaired) electrons. The largest absolute Gasteiger partial charge is 0.480 e. The number of aromatic nitrogens is 1. The van der Waals surface area contributed by atoms with Crippen molar-refractivity contribution in [1.82, 2.24) is 44.6 Å². The number of aliphatic carboxylic acids is 3. The SMILES string of the molecule is CN(CCCN1CCN(C(=O)CN2CCN(CC(=O)O)CCN(CC(=O)O)CCN(CC(=O)O)CC2)CC1)c1cc2c(C(=O)NCC(=O)N3CC(F)(F)CC3CC(=O)N(c3ccccc3)S(C)(=O)=O)ccnc2c2ccccc12. The van der Waals surface area contributed by atoms with Crippen molar-refractivity contribution >= 4 is 84.6 Å². The Hall–Kier alpha value is -6.97. The van der Waals surface area contributed by atoms with Crippen LogP contribution < -0.4 is 14.5 Å². The number of benzene rings is 3. The predicted octanol–water partition coefficient (Wildman–Crippen LogP) is 1.18. The first-order valence-electron chi connectivity index (χ1n) is 26.2. The zero-order chi connectivity index (χ0) is 57.0. The number of carboxylic acids is 3. The van der Waals surface area contributed by atoms with Crippen molar-refractivity contribution in [3.63, 3.8) is 0 Å². The number of amides is 4. The van der Waals surface area contributed by atoms with Crippen LogP contribution in [0.15, 0.2) is 72.9 Å². The topological polar surface area (TPSA) is 268 Å². The number of hydrogen-bond acceptors (Lipinski definition) is 16. The molecule has 4 amide bonds. The van der Waals surface area contributed by atoms with Crippen LogP contribution in [-0.2, 0) is 38.8 Å². The Morgan fingerprint density at radius 2 is 1.20 bits per heavy atom. The lowest BCUT2D eigenvalue weighted by atomic mass is 10.00. The number of halogens is 2. The number of nitrogens with one attached hydrogen (secondary N) is 1. The number of likely N-dealkylation sites (tertiary alicyclic amines) is 1. The molecule has 1 atom stereocenters. The summed E-state index contributed by atoms with van der Waals surface area (Å²) >= 11 is 0. The van der Waals surface area contributed by atoms with Gasteiger partial charge in [0.2, 0.25) is 27.7 Å². The number of pyridine rings is 1. The van der Waals surface area contributed by atoms with Gasteiger partial charge >= 0.3 is 17.9 Å². The molecule has 23 nitrogen and oxygen atoms in total. The van der Waals surface area contributed by atoms with Gasteiger partial charge < -0.3 is 35.3 Å². The van der Waals surface area contributed by atoms with E-state index in [4.69, 9.17) is 0 Å². The van der Waals surface area contributed by atoms with Crippen molar-refractivity contribution in [2.75, 3.05) is 153 Å². The van der Waals surface area contributed by atoms with Crippen LogP contribution in [-0.4, -0.2) is 261 Å². The van der Waals surface area contributed by atoms with E-state index in [2.05, 4.69) is 20.1 Å². The second kappa shape index (κ2) is 26.8. The van der Waals surface area contributed by atoms with E-state index in [0.29, 0.717) is 74.1 Å². The minimum Gasteiger partial charge on any atom is -0.480 e. The van der Waals surface area contributed by atoms with Crippen LogP contribution in [0.3, 0.4) is 0 Å². The fraction of sp³-hybridized carbons (Fsp3) is 0.509. The average Bonchev–Trinajstić information content (AvgIpc) is 3.80. The molecular formula is C53H69F2N11O12S. The molecule has 3 saturated heterocycles. The van der Waals surface area contributed by atoms with Crippen LogP contribution in [0.2, 0.25) is 0 Å². The molecule has 7 rings (SSSR count). The van der Waals surface area contributed by atoms with Crippen molar-refractivity contribution in [3.05, 3.63) is 78.5 Å². The van der Waals surface area contributed by atoms with Gasteiger partial charge in [0, 0.05) is 139 Å². The standard InChI is InChI=1S/C53H69F2N11O12S/c1-58(15-8-16-59-25-27-64(28-26-59)47(69)33-60-17-19-61(34-48(70)71)21-23-63(36-50(74)75)24-22-62(20-18-60)35-49(72)73)44-30-43-42(13-14-56-51(43)41-12-7-6-11-40(41)44)52(76)57-32-46(68)65-37-53(54,55)31-39(65)29-45(67)66(79(2,77)78)38-9-4-3-5-10-38/h3-7,9-14,30,39H,8,15-29,31-37H2,1-2H3,(H,57,76)(H,70,71)(H,72,73)(H,74,75). The number of hydrogen-bond donors (Lipinski definition) is 4. The monoisotopic (exact) mass is 1120 g/mol. The van der Waals surface area contributed by atoms with Gasteiger partial charge in [-0.2, -0.15) is 0 Å². The lowest BCUT2D eigenvalue weighted by Crippen LogP contribution is -2.53. The maximum Gasteiger partial charge on any atom is 0.317 e. The Morgan fingerprint density at radius 1 is 0.684 bits per heavy atom. The number of carbonyl (C=O) groups is 7. The summed E-state index contributed by atoms with van der Waals surface area (Å²) in [7, 11) is -2.23. The maximum absolute atomic E-state index is 14.9. The highest BCUT2D eigenvalue weighted by molar-refractivity contribution is 7.92. The summed E-state index contributed by atoms with van der Waals surface area (Å²) in [6.07, 6.45) is 1.46. The summed E-state index contributed by atoms with van der Waals surface area (Å²) in [5.41, 5.74) is 1.55. The summed E-state index contributed by atoms with van der Waals surface area (Å²) in [6.45, 7) is 3.53. The molecule has 3 aromatic carbocycles. The summed E-state index contributed by atoms with van der Waals surface area (Å²) < 4.78 is 55.7. The van der Waals surface area contributed by atoms with Gasteiger partial charge in [0.1, 0.15) is 0 Å². The van der Waals surface area contributed by atoms with E-state index in [-0.39, 0.29) is 69.5 Å². The van der Waals surface area contributed by atoms with E-state index >= 15 is 0 Å². The van der Waals surface area contributed by atoms with Crippen molar-refractivity contribution in [2.24, 2.45) is 0 Å². The lowest BCUT2D eigenvalue weighted by molar-refractivity contribution is -0.141. The molecule has 1 unspecified atom stereocenters. The molecule has 0 saturated carbocycles. The molecule has 4 N–H and O–H groups in total. The Bertz CT molecular complexity index is 2940. The number of anilines is 2. The number of piperazine rings is 1. The van der Waals surface area contributed by atoms with Crippen LogP contribution in [0.5, 0.6) is 0 Å². The van der Waals surface area contributed by atoms with Crippen molar-refractivity contribution in [1.29, 1.82) is 0 Å². The number of sulfonamides is 1.